The Morgan fingerprint density at radius 1 is 0.763 bits per heavy atom. The summed E-state index contributed by atoms with van der Waals surface area (Å²) in [5.41, 5.74) is -2.64. The van der Waals surface area contributed by atoms with Gasteiger partial charge in [-0.05, 0) is 78.3 Å². The van der Waals surface area contributed by atoms with Gasteiger partial charge in [-0.2, -0.15) is 13.2 Å². The monoisotopic (exact) mass is 540 g/mol. The van der Waals surface area contributed by atoms with E-state index in [1.165, 1.54) is 12.1 Å². The minimum absolute atomic E-state index is 0.113. The highest BCUT2D eigenvalue weighted by Crippen LogP contribution is 2.35. The number of rotatable bonds is 6. The van der Waals surface area contributed by atoms with Crippen molar-refractivity contribution in [3.63, 3.8) is 0 Å². The van der Waals surface area contributed by atoms with Crippen molar-refractivity contribution in [2.24, 2.45) is 11.8 Å². The second kappa shape index (κ2) is 11.2. The first-order valence-electron chi connectivity index (χ1n) is 12.1. The van der Waals surface area contributed by atoms with Gasteiger partial charge >= 0.3 is 6.18 Å². The molecule has 1 fully saturated rings. The van der Waals surface area contributed by atoms with Gasteiger partial charge < -0.3 is 4.74 Å². The summed E-state index contributed by atoms with van der Waals surface area (Å²) in [6.45, 7) is 2.65. The van der Waals surface area contributed by atoms with Crippen LogP contribution < -0.4 is 4.74 Å². The number of ether oxygens (including phenoxy) is 1. The van der Waals surface area contributed by atoms with Gasteiger partial charge in [0, 0.05) is 23.3 Å². The average Bonchev–Trinajstić information content (AvgIpc) is 2.82. The lowest BCUT2D eigenvalue weighted by molar-refractivity contribution is -0.0790. The maximum Gasteiger partial charge on any atom is 0.409 e. The van der Waals surface area contributed by atoms with Crippen molar-refractivity contribution in [3.8, 4) is 28.0 Å². The number of allylic oxidation sites excluding steroid dienone is 1. The topological polar surface area (TPSA) is 9.23 Å². The summed E-state index contributed by atoms with van der Waals surface area (Å²) in [7, 11) is 0. The Bertz CT molecular complexity index is 1290. The normalized spacial score (nSPS) is 18.2. The second-order valence-corrected chi connectivity index (χ2v) is 9.62. The van der Waals surface area contributed by atoms with Gasteiger partial charge in [0.15, 0.2) is 0 Å². The van der Waals surface area contributed by atoms with Crippen LogP contribution in [0.3, 0.4) is 0 Å². The van der Waals surface area contributed by atoms with Crippen molar-refractivity contribution in [2.75, 3.05) is 6.61 Å². The molecule has 0 amide bonds. The van der Waals surface area contributed by atoms with Gasteiger partial charge in [0.2, 0.25) is 0 Å². The fourth-order valence-electron chi connectivity index (χ4n) is 4.60. The smallest absolute Gasteiger partial charge is 0.409 e. The summed E-state index contributed by atoms with van der Waals surface area (Å²) >= 11 is 0. The van der Waals surface area contributed by atoms with Crippen molar-refractivity contribution in [1.29, 1.82) is 0 Å². The number of benzene rings is 3. The summed E-state index contributed by atoms with van der Waals surface area (Å²) in [5, 5.41) is 0. The molecule has 3 aromatic rings. The fraction of sp³-hybridized carbons (Fsp3) is 0.310. The third kappa shape index (κ3) is 6.55. The largest absolute Gasteiger partial charge is 0.493 e. The van der Waals surface area contributed by atoms with Gasteiger partial charge in [0.25, 0.3) is 0 Å². The standard InChI is InChI=1S/C29H24F8O/c1-16-2-4-17(5-3-16)15-38-20-6-7-21(25(32)14-20)18-10-26(33)28(27(34)11-18)19-12-23(30)22(24(31)13-19)8-9-29(35,36)37/h6-14,16-17H,2-5,15H2,1H3/b9-8+. The van der Waals surface area contributed by atoms with E-state index in [0.717, 1.165) is 43.9 Å². The van der Waals surface area contributed by atoms with Crippen LogP contribution in [-0.2, 0) is 0 Å². The van der Waals surface area contributed by atoms with Crippen molar-refractivity contribution < 1.29 is 39.9 Å². The molecule has 0 radical (unpaired) electrons. The van der Waals surface area contributed by atoms with Crippen molar-refractivity contribution in [1.82, 2.24) is 0 Å². The molecule has 1 aliphatic carbocycles. The van der Waals surface area contributed by atoms with Crippen molar-refractivity contribution in [2.45, 2.75) is 38.8 Å². The lowest BCUT2D eigenvalue weighted by Crippen LogP contribution is -2.18. The first-order chi connectivity index (χ1) is 17.9. The lowest BCUT2D eigenvalue weighted by Gasteiger charge is -2.26. The third-order valence-electron chi connectivity index (χ3n) is 6.72. The SMILES string of the molecule is CC1CCC(COc2ccc(-c3cc(F)c(-c4cc(F)c(/C=C/C(F)(F)F)c(F)c4)c(F)c3)c(F)c2)CC1. The van der Waals surface area contributed by atoms with E-state index in [2.05, 4.69) is 6.92 Å². The van der Waals surface area contributed by atoms with Crippen LogP contribution >= 0.6 is 0 Å². The summed E-state index contributed by atoms with van der Waals surface area (Å²) in [4.78, 5) is 0. The van der Waals surface area contributed by atoms with E-state index < -0.39 is 52.0 Å². The molecular formula is C29H24F8O. The summed E-state index contributed by atoms with van der Waals surface area (Å²) in [6.07, 6.45) is -0.665. The van der Waals surface area contributed by atoms with Crippen molar-refractivity contribution >= 4 is 6.08 Å². The average molecular weight is 540 g/mol. The molecule has 9 heteroatoms. The Balaban J connectivity index is 1.56. The number of halogens is 8. The molecule has 0 spiro atoms. The van der Waals surface area contributed by atoms with E-state index in [4.69, 9.17) is 4.74 Å². The summed E-state index contributed by atoms with van der Waals surface area (Å²) in [5.74, 6) is -4.76. The summed E-state index contributed by atoms with van der Waals surface area (Å²) < 4.78 is 116. The van der Waals surface area contributed by atoms with E-state index in [-0.39, 0.29) is 29.0 Å². The van der Waals surface area contributed by atoms with E-state index in [0.29, 0.717) is 30.6 Å². The lowest BCUT2D eigenvalue weighted by atomic mass is 9.83. The molecular weight excluding hydrogens is 516 g/mol. The molecule has 0 N–H and O–H groups in total. The van der Waals surface area contributed by atoms with Gasteiger partial charge in [-0.1, -0.05) is 19.8 Å². The Morgan fingerprint density at radius 3 is 1.89 bits per heavy atom. The van der Waals surface area contributed by atoms with Crippen LogP contribution in [0.5, 0.6) is 5.75 Å². The zero-order valence-corrected chi connectivity index (χ0v) is 20.3. The quantitative estimate of drug-likeness (QED) is 0.283. The predicted octanol–water partition coefficient (Wildman–Crippen LogP) is 9.50. The van der Waals surface area contributed by atoms with Crippen LogP contribution in [0.15, 0.2) is 48.5 Å². The van der Waals surface area contributed by atoms with Gasteiger partial charge in [0.05, 0.1) is 12.2 Å². The van der Waals surface area contributed by atoms with E-state index in [1.54, 1.807) is 0 Å². The van der Waals surface area contributed by atoms with Gasteiger partial charge in [0.1, 0.15) is 34.8 Å². The molecule has 0 heterocycles. The first kappa shape index (κ1) is 27.7. The third-order valence-corrected chi connectivity index (χ3v) is 6.72. The minimum Gasteiger partial charge on any atom is -0.493 e. The molecule has 202 valence electrons. The van der Waals surface area contributed by atoms with Crippen LogP contribution in [0.25, 0.3) is 28.3 Å². The highest BCUT2D eigenvalue weighted by molar-refractivity contribution is 5.73. The molecule has 3 aromatic carbocycles. The molecule has 1 nitrogen and oxygen atoms in total. The van der Waals surface area contributed by atoms with Crippen molar-refractivity contribution in [3.05, 3.63) is 83.2 Å². The molecule has 1 aliphatic rings. The van der Waals surface area contributed by atoms with Crippen LogP contribution in [0.1, 0.15) is 38.2 Å². The Labute approximate surface area is 214 Å². The van der Waals surface area contributed by atoms with E-state index in [9.17, 15) is 35.1 Å². The molecule has 0 aromatic heterocycles. The highest BCUT2D eigenvalue weighted by Gasteiger charge is 2.24. The van der Waals surface area contributed by atoms with Gasteiger partial charge in [-0.3, -0.25) is 0 Å². The molecule has 38 heavy (non-hydrogen) atoms. The molecule has 0 bridgehead atoms. The fourth-order valence-corrected chi connectivity index (χ4v) is 4.60. The Kier molecular flexibility index (Phi) is 8.13. The predicted molar refractivity (Wildman–Crippen MR) is 129 cm³/mol. The van der Waals surface area contributed by atoms with E-state index in [1.807, 2.05) is 0 Å². The van der Waals surface area contributed by atoms with Crippen LogP contribution in [0, 0.1) is 40.9 Å². The zero-order valence-electron chi connectivity index (χ0n) is 20.3. The minimum atomic E-state index is -4.81. The number of alkyl halides is 3. The van der Waals surface area contributed by atoms with Crippen LogP contribution in [-0.4, -0.2) is 12.8 Å². The molecule has 0 saturated heterocycles. The first-order valence-corrected chi connectivity index (χ1v) is 12.1. The molecule has 1 saturated carbocycles. The van der Waals surface area contributed by atoms with E-state index >= 15 is 0 Å². The maximum atomic E-state index is 14.9. The highest BCUT2D eigenvalue weighted by atomic mass is 19.4. The molecule has 0 unspecified atom stereocenters. The maximum absolute atomic E-state index is 14.9. The van der Waals surface area contributed by atoms with Crippen LogP contribution in [0.4, 0.5) is 35.1 Å². The van der Waals surface area contributed by atoms with Gasteiger partial charge in [-0.25, -0.2) is 22.0 Å². The van der Waals surface area contributed by atoms with Crippen LogP contribution in [0.2, 0.25) is 0 Å². The molecule has 0 aliphatic heterocycles. The van der Waals surface area contributed by atoms with Gasteiger partial charge in [-0.15, -0.1) is 0 Å². The molecule has 4 rings (SSSR count). The second-order valence-electron chi connectivity index (χ2n) is 9.62. The number of hydrogen-bond donors (Lipinski definition) is 0. The number of hydrogen-bond acceptors (Lipinski definition) is 1. The zero-order chi connectivity index (χ0) is 27.6. The molecule has 0 atom stereocenters. The Hall–Kier alpha value is -3.36. The summed E-state index contributed by atoms with van der Waals surface area (Å²) in [6, 6.07) is 6.62. The Morgan fingerprint density at radius 2 is 1.34 bits per heavy atom.